The van der Waals surface area contributed by atoms with E-state index in [2.05, 4.69) is 4.98 Å². The summed E-state index contributed by atoms with van der Waals surface area (Å²) in [6, 6.07) is 7.98. The SMILES string of the molecule is O=C(c1ccc(Cl)s1)c1c[nH]c2cccc(F)c12. The molecular weight excluding hydrogens is 273 g/mol. The lowest BCUT2D eigenvalue weighted by Gasteiger charge is -1.97. The number of hydrogen-bond acceptors (Lipinski definition) is 2. The van der Waals surface area contributed by atoms with Crippen LogP contribution in [-0.2, 0) is 0 Å². The molecule has 0 bridgehead atoms. The second-order valence-electron chi connectivity index (χ2n) is 3.80. The molecule has 0 aliphatic rings. The summed E-state index contributed by atoms with van der Waals surface area (Å²) in [5.74, 6) is -0.622. The molecule has 0 aliphatic carbocycles. The van der Waals surface area contributed by atoms with Gasteiger partial charge in [-0.1, -0.05) is 17.7 Å². The van der Waals surface area contributed by atoms with Crippen LogP contribution in [0.2, 0.25) is 4.34 Å². The number of fused-ring (bicyclic) bond motifs is 1. The Balaban J connectivity index is 2.18. The molecule has 90 valence electrons. The average molecular weight is 280 g/mol. The zero-order valence-electron chi connectivity index (χ0n) is 9.04. The van der Waals surface area contributed by atoms with E-state index < -0.39 is 5.82 Å². The highest BCUT2D eigenvalue weighted by molar-refractivity contribution is 7.18. The molecule has 3 rings (SSSR count). The second kappa shape index (κ2) is 4.23. The minimum absolute atomic E-state index is 0.219. The molecule has 3 aromatic rings. The Kier molecular flexibility index (Phi) is 2.69. The maximum Gasteiger partial charge on any atom is 0.205 e. The molecule has 0 unspecified atom stereocenters. The molecule has 2 aromatic heterocycles. The van der Waals surface area contributed by atoms with E-state index in [1.165, 1.54) is 23.6 Å². The van der Waals surface area contributed by atoms with E-state index in [1.54, 1.807) is 24.3 Å². The van der Waals surface area contributed by atoms with Crippen LogP contribution in [0.15, 0.2) is 36.5 Å². The Hall–Kier alpha value is -1.65. The number of aromatic amines is 1. The number of ketones is 1. The first-order valence-corrected chi connectivity index (χ1v) is 6.42. The number of carbonyl (C=O) groups is 1. The Morgan fingerprint density at radius 1 is 1.28 bits per heavy atom. The smallest absolute Gasteiger partial charge is 0.205 e. The molecule has 0 amide bonds. The number of nitrogens with one attached hydrogen (secondary N) is 1. The molecule has 0 aliphatic heterocycles. The van der Waals surface area contributed by atoms with Crippen molar-refractivity contribution in [2.24, 2.45) is 0 Å². The van der Waals surface area contributed by atoms with Gasteiger partial charge in [-0.15, -0.1) is 11.3 Å². The number of carbonyl (C=O) groups excluding carboxylic acids is 1. The number of rotatable bonds is 2. The summed E-state index contributed by atoms with van der Waals surface area (Å²) >= 11 is 6.99. The fourth-order valence-corrected chi connectivity index (χ4v) is 2.89. The summed E-state index contributed by atoms with van der Waals surface area (Å²) in [6.07, 6.45) is 1.53. The predicted molar refractivity (Wildman–Crippen MR) is 71.0 cm³/mol. The second-order valence-corrected chi connectivity index (χ2v) is 5.51. The molecule has 2 heterocycles. The van der Waals surface area contributed by atoms with Gasteiger partial charge in [0.05, 0.1) is 14.8 Å². The summed E-state index contributed by atoms with van der Waals surface area (Å²) in [7, 11) is 0. The van der Waals surface area contributed by atoms with Crippen LogP contribution in [0, 0.1) is 5.82 Å². The molecule has 0 saturated carbocycles. The van der Waals surface area contributed by atoms with Gasteiger partial charge in [0.15, 0.2) is 0 Å². The molecule has 18 heavy (non-hydrogen) atoms. The van der Waals surface area contributed by atoms with E-state index in [0.717, 1.165) is 0 Å². The maximum atomic E-state index is 13.8. The van der Waals surface area contributed by atoms with Crippen molar-refractivity contribution in [1.29, 1.82) is 0 Å². The molecule has 0 spiro atoms. The van der Waals surface area contributed by atoms with Crippen LogP contribution < -0.4 is 0 Å². The van der Waals surface area contributed by atoms with Crippen LogP contribution in [0.3, 0.4) is 0 Å². The average Bonchev–Trinajstić information content (AvgIpc) is 2.95. The van der Waals surface area contributed by atoms with Crippen molar-refractivity contribution in [3.8, 4) is 0 Å². The molecule has 0 radical (unpaired) electrons. The molecular formula is C13H7ClFNOS. The van der Waals surface area contributed by atoms with Gasteiger partial charge in [-0.3, -0.25) is 4.79 Å². The fourth-order valence-electron chi connectivity index (χ4n) is 1.89. The highest BCUT2D eigenvalue weighted by Gasteiger charge is 2.18. The van der Waals surface area contributed by atoms with E-state index in [1.807, 2.05) is 0 Å². The zero-order valence-corrected chi connectivity index (χ0v) is 10.6. The zero-order chi connectivity index (χ0) is 12.7. The number of hydrogen-bond donors (Lipinski definition) is 1. The van der Waals surface area contributed by atoms with Crippen molar-refractivity contribution in [2.75, 3.05) is 0 Å². The Labute approximate surface area is 111 Å². The van der Waals surface area contributed by atoms with Gasteiger partial charge in [0, 0.05) is 17.1 Å². The number of benzene rings is 1. The van der Waals surface area contributed by atoms with Gasteiger partial charge in [-0.2, -0.15) is 0 Å². The van der Waals surface area contributed by atoms with Gasteiger partial charge < -0.3 is 4.98 Å². The Bertz CT molecular complexity index is 746. The minimum atomic E-state index is -0.403. The number of halogens is 2. The van der Waals surface area contributed by atoms with Crippen molar-refractivity contribution in [1.82, 2.24) is 4.98 Å². The largest absolute Gasteiger partial charge is 0.360 e. The quantitative estimate of drug-likeness (QED) is 0.699. The van der Waals surface area contributed by atoms with Crippen molar-refractivity contribution in [2.45, 2.75) is 0 Å². The fraction of sp³-hybridized carbons (Fsp3) is 0. The van der Waals surface area contributed by atoms with Crippen molar-refractivity contribution < 1.29 is 9.18 Å². The first-order chi connectivity index (χ1) is 8.66. The lowest BCUT2D eigenvalue weighted by Crippen LogP contribution is -1.97. The van der Waals surface area contributed by atoms with Crippen molar-refractivity contribution >= 4 is 39.6 Å². The molecule has 1 aromatic carbocycles. The first kappa shape index (κ1) is 11.4. The molecule has 2 nitrogen and oxygen atoms in total. The molecule has 5 heteroatoms. The van der Waals surface area contributed by atoms with Crippen LogP contribution in [-0.4, -0.2) is 10.8 Å². The standard InChI is InChI=1S/C13H7ClFNOS/c14-11-5-4-10(18-11)13(17)7-6-16-9-3-1-2-8(15)12(7)9/h1-6,16H. The van der Waals surface area contributed by atoms with Gasteiger partial charge in [0.25, 0.3) is 0 Å². The Morgan fingerprint density at radius 3 is 2.83 bits per heavy atom. The van der Waals surface area contributed by atoms with E-state index in [9.17, 15) is 9.18 Å². The summed E-state index contributed by atoms with van der Waals surface area (Å²) < 4.78 is 14.3. The summed E-state index contributed by atoms with van der Waals surface area (Å²) in [4.78, 5) is 15.7. The Morgan fingerprint density at radius 2 is 2.11 bits per heavy atom. The number of thiophene rings is 1. The monoisotopic (exact) mass is 279 g/mol. The summed E-state index contributed by atoms with van der Waals surface area (Å²) in [6.45, 7) is 0. The van der Waals surface area contributed by atoms with Gasteiger partial charge in [0.2, 0.25) is 5.78 Å². The van der Waals surface area contributed by atoms with E-state index in [4.69, 9.17) is 11.6 Å². The highest BCUT2D eigenvalue weighted by Crippen LogP contribution is 2.28. The number of aromatic nitrogens is 1. The predicted octanol–water partition coefficient (Wildman–Crippen LogP) is 4.25. The van der Waals surface area contributed by atoms with E-state index >= 15 is 0 Å². The maximum absolute atomic E-state index is 13.8. The first-order valence-electron chi connectivity index (χ1n) is 5.22. The molecule has 0 saturated heterocycles. The lowest BCUT2D eigenvalue weighted by molar-refractivity contribution is 0.104. The minimum Gasteiger partial charge on any atom is -0.360 e. The van der Waals surface area contributed by atoms with Crippen LogP contribution in [0.25, 0.3) is 10.9 Å². The molecule has 0 fully saturated rings. The summed E-state index contributed by atoms with van der Waals surface area (Å²) in [5, 5.41) is 0.326. The lowest BCUT2D eigenvalue weighted by atomic mass is 10.1. The number of H-pyrrole nitrogens is 1. The third-order valence-corrected chi connectivity index (χ3v) is 3.93. The van der Waals surface area contributed by atoms with Gasteiger partial charge in [-0.25, -0.2) is 4.39 Å². The van der Waals surface area contributed by atoms with Crippen molar-refractivity contribution in [3.05, 3.63) is 57.1 Å². The van der Waals surface area contributed by atoms with Crippen LogP contribution in [0.1, 0.15) is 15.2 Å². The normalized spacial score (nSPS) is 11.0. The highest BCUT2D eigenvalue weighted by atomic mass is 35.5. The van der Waals surface area contributed by atoms with E-state index in [-0.39, 0.29) is 5.78 Å². The van der Waals surface area contributed by atoms with E-state index in [0.29, 0.717) is 25.7 Å². The summed E-state index contributed by atoms with van der Waals surface area (Å²) in [5.41, 5.74) is 0.947. The van der Waals surface area contributed by atoms with Gasteiger partial charge in [0.1, 0.15) is 5.82 Å². The van der Waals surface area contributed by atoms with Crippen LogP contribution >= 0.6 is 22.9 Å². The third kappa shape index (κ3) is 1.74. The third-order valence-electron chi connectivity index (χ3n) is 2.70. The van der Waals surface area contributed by atoms with Crippen molar-refractivity contribution in [3.63, 3.8) is 0 Å². The molecule has 0 atom stereocenters. The topological polar surface area (TPSA) is 32.9 Å². The van der Waals surface area contributed by atoms with Gasteiger partial charge in [-0.05, 0) is 24.3 Å². The molecule has 1 N–H and O–H groups in total. The van der Waals surface area contributed by atoms with Gasteiger partial charge >= 0.3 is 0 Å². The van der Waals surface area contributed by atoms with Crippen LogP contribution in [0.4, 0.5) is 4.39 Å². The van der Waals surface area contributed by atoms with Crippen LogP contribution in [0.5, 0.6) is 0 Å².